The Kier molecular flexibility index (Phi) is 5.77. The second-order valence-electron chi connectivity index (χ2n) is 7.72. The number of carbonyl (C=O) groups excluding carboxylic acids is 2. The lowest BCUT2D eigenvalue weighted by Gasteiger charge is -2.08. The van der Waals surface area contributed by atoms with Crippen LogP contribution >= 0.6 is 0 Å². The van der Waals surface area contributed by atoms with Crippen LogP contribution in [0.4, 0.5) is 0 Å². The third kappa shape index (κ3) is 3.87. The van der Waals surface area contributed by atoms with Gasteiger partial charge in [-0.05, 0) is 57.2 Å². The van der Waals surface area contributed by atoms with Crippen LogP contribution in [0.25, 0.3) is 16.7 Å². The zero-order valence-corrected chi connectivity index (χ0v) is 18.5. The number of ether oxygens (including phenoxy) is 1. The van der Waals surface area contributed by atoms with E-state index in [9.17, 15) is 9.59 Å². The second kappa shape index (κ2) is 8.67. The maximum Gasteiger partial charge on any atom is 0.338 e. The summed E-state index contributed by atoms with van der Waals surface area (Å²) in [5.74, 6) is 0.0425. The number of imidazole rings is 1. The van der Waals surface area contributed by atoms with E-state index in [0.29, 0.717) is 23.2 Å². The van der Waals surface area contributed by atoms with Gasteiger partial charge in [0.2, 0.25) is 5.78 Å². The van der Waals surface area contributed by atoms with Gasteiger partial charge in [0.1, 0.15) is 5.82 Å². The number of hydrogen-bond donors (Lipinski definition) is 0. The molecule has 0 aliphatic rings. The number of nitrogens with zero attached hydrogens (tertiary/aromatic N) is 3. The molecule has 0 aliphatic heterocycles. The molecule has 0 saturated carbocycles. The van der Waals surface area contributed by atoms with Gasteiger partial charge in [-0.1, -0.05) is 24.3 Å². The van der Waals surface area contributed by atoms with Crippen LogP contribution in [0.15, 0.2) is 67.3 Å². The highest BCUT2D eigenvalue weighted by molar-refractivity contribution is 6.01. The first-order chi connectivity index (χ1) is 15.4. The molecule has 0 amide bonds. The van der Waals surface area contributed by atoms with Gasteiger partial charge in [-0.15, -0.1) is 6.58 Å². The average Bonchev–Trinajstić information content (AvgIpc) is 3.27. The Labute approximate surface area is 186 Å². The predicted octanol–water partition coefficient (Wildman–Crippen LogP) is 4.98. The van der Waals surface area contributed by atoms with Crippen LogP contribution in [0.2, 0.25) is 0 Å². The number of benzene rings is 2. The van der Waals surface area contributed by atoms with Gasteiger partial charge in [0, 0.05) is 29.2 Å². The summed E-state index contributed by atoms with van der Waals surface area (Å²) in [5, 5.41) is 0. The van der Waals surface area contributed by atoms with E-state index in [2.05, 4.69) is 11.6 Å². The van der Waals surface area contributed by atoms with E-state index in [0.717, 1.165) is 28.4 Å². The Morgan fingerprint density at radius 3 is 2.53 bits per heavy atom. The van der Waals surface area contributed by atoms with Crippen molar-refractivity contribution in [2.45, 2.75) is 27.3 Å². The van der Waals surface area contributed by atoms with Crippen LogP contribution in [-0.4, -0.2) is 32.5 Å². The number of fused-ring (bicyclic) bond motifs is 1. The van der Waals surface area contributed by atoms with Crippen LogP contribution in [0.1, 0.15) is 37.9 Å². The van der Waals surface area contributed by atoms with E-state index in [1.807, 2.05) is 72.4 Å². The molecule has 0 radical (unpaired) electrons. The van der Waals surface area contributed by atoms with Crippen molar-refractivity contribution in [1.82, 2.24) is 14.1 Å². The number of hydrogen-bond acceptors (Lipinski definition) is 4. The SMILES string of the molecule is C=CCn1c(C)cc(C(=O)COC(=O)c2ccc3c(c2)nc(C)n3-c2ccccc2)c1C. The van der Waals surface area contributed by atoms with Crippen molar-refractivity contribution in [3.8, 4) is 5.69 Å². The smallest absolute Gasteiger partial charge is 0.338 e. The average molecular weight is 428 g/mol. The topological polar surface area (TPSA) is 66.1 Å². The Balaban J connectivity index is 1.52. The molecule has 0 aliphatic carbocycles. The molecule has 0 atom stereocenters. The lowest BCUT2D eigenvalue weighted by Crippen LogP contribution is -2.15. The van der Waals surface area contributed by atoms with Crippen LogP contribution in [0, 0.1) is 20.8 Å². The maximum absolute atomic E-state index is 12.7. The largest absolute Gasteiger partial charge is 0.454 e. The van der Waals surface area contributed by atoms with Gasteiger partial charge in [0.05, 0.1) is 16.6 Å². The standard InChI is InChI=1S/C26H25N3O3/c1-5-13-28-17(2)14-22(18(28)3)25(30)16-32-26(31)20-11-12-24-23(15-20)27-19(4)29(24)21-9-7-6-8-10-21/h5-12,14-15H,1,13,16H2,2-4H3. The van der Waals surface area contributed by atoms with Crippen LogP contribution < -0.4 is 0 Å². The fourth-order valence-corrected chi connectivity index (χ4v) is 4.02. The molecule has 6 heteroatoms. The van der Waals surface area contributed by atoms with E-state index in [-0.39, 0.29) is 12.4 Å². The van der Waals surface area contributed by atoms with Gasteiger partial charge in [-0.25, -0.2) is 9.78 Å². The molecule has 162 valence electrons. The Morgan fingerprint density at radius 2 is 1.81 bits per heavy atom. The highest BCUT2D eigenvalue weighted by Gasteiger charge is 2.18. The maximum atomic E-state index is 12.7. The molecule has 0 unspecified atom stereocenters. The summed E-state index contributed by atoms with van der Waals surface area (Å²) in [4.78, 5) is 29.9. The first-order valence-corrected chi connectivity index (χ1v) is 10.4. The summed E-state index contributed by atoms with van der Waals surface area (Å²) in [5.41, 5.74) is 5.32. The Hall–Kier alpha value is -3.93. The molecule has 2 heterocycles. The molecule has 2 aromatic carbocycles. The summed E-state index contributed by atoms with van der Waals surface area (Å²) in [7, 11) is 0. The van der Waals surface area contributed by atoms with Crippen molar-refractivity contribution in [2.75, 3.05) is 6.61 Å². The monoisotopic (exact) mass is 427 g/mol. The van der Waals surface area contributed by atoms with Crippen LogP contribution in [0.5, 0.6) is 0 Å². The number of allylic oxidation sites excluding steroid dienone is 1. The quantitative estimate of drug-likeness (QED) is 0.237. The van der Waals surface area contributed by atoms with Crippen molar-refractivity contribution < 1.29 is 14.3 Å². The third-order valence-electron chi connectivity index (χ3n) is 5.59. The number of aromatic nitrogens is 3. The molecule has 0 spiro atoms. The molecule has 0 N–H and O–H groups in total. The predicted molar refractivity (Wildman–Crippen MR) is 125 cm³/mol. The molecule has 4 rings (SSSR count). The highest BCUT2D eigenvalue weighted by Crippen LogP contribution is 2.23. The van der Waals surface area contributed by atoms with Crippen LogP contribution in [-0.2, 0) is 11.3 Å². The van der Waals surface area contributed by atoms with Gasteiger partial charge >= 0.3 is 5.97 Å². The first-order valence-electron chi connectivity index (χ1n) is 10.4. The van der Waals surface area contributed by atoms with E-state index in [1.54, 1.807) is 18.2 Å². The van der Waals surface area contributed by atoms with E-state index >= 15 is 0 Å². The van der Waals surface area contributed by atoms with Gasteiger partial charge in [-0.3, -0.25) is 9.36 Å². The summed E-state index contributed by atoms with van der Waals surface area (Å²) >= 11 is 0. The molecule has 32 heavy (non-hydrogen) atoms. The van der Waals surface area contributed by atoms with Crippen molar-refractivity contribution in [3.05, 3.63) is 95.6 Å². The summed E-state index contributed by atoms with van der Waals surface area (Å²) in [6.45, 7) is 9.80. The normalized spacial score (nSPS) is 11.0. The fraction of sp³-hybridized carbons (Fsp3) is 0.192. The molecule has 6 nitrogen and oxygen atoms in total. The van der Waals surface area contributed by atoms with Gasteiger partial charge in [0.25, 0.3) is 0 Å². The lowest BCUT2D eigenvalue weighted by molar-refractivity contribution is 0.0474. The van der Waals surface area contributed by atoms with Crippen LogP contribution in [0.3, 0.4) is 0 Å². The number of esters is 1. The number of Topliss-reactive ketones (excluding diaryl/α,β-unsaturated/α-hetero) is 1. The Morgan fingerprint density at radius 1 is 1.06 bits per heavy atom. The van der Waals surface area contributed by atoms with Crippen molar-refractivity contribution in [2.24, 2.45) is 0 Å². The highest BCUT2D eigenvalue weighted by atomic mass is 16.5. The lowest BCUT2D eigenvalue weighted by atomic mass is 10.1. The molecular formula is C26H25N3O3. The molecule has 2 aromatic heterocycles. The van der Waals surface area contributed by atoms with E-state index in [4.69, 9.17) is 4.74 Å². The summed E-state index contributed by atoms with van der Waals surface area (Å²) in [6.07, 6.45) is 1.78. The van der Waals surface area contributed by atoms with Crippen molar-refractivity contribution >= 4 is 22.8 Å². The zero-order chi connectivity index (χ0) is 22.8. The molecule has 0 fully saturated rings. The Bertz CT molecular complexity index is 1330. The minimum atomic E-state index is -0.549. The second-order valence-corrected chi connectivity index (χ2v) is 7.72. The molecular weight excluding hydrogens is 402 g/mol. The van der Waals surface area contributed by atoms with E-state index in [1.165, 1.54) is 0 Å². The molecule has 4 aromatic rings. The number of aryl methyl sites for hydroxylation is 2. The zero-order valence-electron chi connectivity index (χ0n) is 18.5. The van der Waals surface area contributed by atoms with Crippen molar-refractivity contribution in [3.63, 3.8) is 0 Å². The van der Waals surface area contributed by atoms with Crippen molar-refractivity contribution in [1.29, 1.82) is 0 Å². The number of para-hydroxylation sites is 1. The fourth-order valence-electron chi connectivity index (χ4n) is 4.02. The van der Waals surface area contributed by atoms with E-state index < -0.39 is 5.97 Å². The minimum Gasteiger partial charge on any atom is -0.454 e. The molecule has 0 saturated heterocycles. The number of rotatable bonds is 7. The summed E-state index contributed by atoms with van der Waals surface area (Å²) in [6, 6.07) is 17.0. The van der Waals surface area contributed by atoms with Gasteiger partial charge in [0.15, 0.2) is 6.61 Å². The van der Waals surface area contributed by atoms with Gasteiger partial charge < -0.3 is 9.30 Å². The minimum absolute atomic E-state index is 0.230. The first kappa shape index (κ1) is 21.3. The number of carbonyl (C=O) groups is 2. The third-order valence-corrected chi connectivity index (χ3v) is 5.59. The molecule has 0 bridgehead atoms. The summed E-state index contributed by atoms with van der Waals surface area (Å²) < 4.78 is 9.36. The van der Waals surface area contributed by atoms with Gasteiger partial charge in [-0.2, -0.15) is 0 Å². The number of ketones is 1.